The van der Waals surface area contributed by atoms with Gasteiger partial charge in [0.05, 0.1) is 17.3 Å². The second-order valence-corrected chi connectivity index (χ2v) is 9.81. The van der Waals surface area contributed by atoms with Gasteiger partial charge in [0, 0.05) is 49.1 Å². The number of pyridine rings is 2. The van der Waals surface area contributed by atoms with Gasteiger partial charge in [-0.05, 0) is 41.5 Å². The quantitative estimate of drug-likeness (QED) is 0.599. The Balaban J connectivity index is 1.46. The minimum Gasteiger partial charge on any atom is -0.481 e. The second-order valence-electron chi connectivity index (χ2n) is 7.68. The number of sulfone groups is 1. The number of aromatic nitrogens is 2. The number of fused-ring (bicyclic) bond motifs is 3. The molecule has 2 aromatic heterocycles. The van der Waals surface area contributed by atoms with Crippen molar-refractivity contribution in [3.63, 3.8) is 0 Å². The van der Waals surface area contributed by atoms with Crippen LogP contribution in [0, 0.1) is 5.95 Å². The Morgan fingerprint density at radius 2 is 1.97 bits per heavy atom. The fourth-order valence-electron chi connectivity index (χ4n) is 4.55. The lowest BCUT2D eigenvalue weighted by Crippen LogP contribution is -2.26. The van der Waals surface area contributed by atoms with Crippen LogP contribution < -0.4 is 4.74 Å². The largest absolute Gasteiger partial charge is 0.481 e. The van der Waals surface area contributed by atoms with Crippen LogP contribution in [0.1, 0.15) is 17.0 Å². The third-order valence-corrected chi connectivity index (χ3v) is 8.21. The summed E-state index contributed by atoms with van der Waals surface area (Å²) >= 11 is 0. The standard InChI is InChI=1S/C22H20FN3O3S/c1-29-22-16(3-2-8-24-22)11-26-12-18-17-9-14(15-5-7-21(23)25-10-15)4-6-19(17)30(27,28)20(18)13-26/h2-10,18,20H,11-13H2,1H3/t18-,20+/m1/s1. The van der Waals surface area contributed by atoms with Crippen molar-refractivity contribution < 1.29 is 17.5 Å². The number of nitrogens with zero attached hydrogens (tertiary/aromatic N) is 3. The lowest BCUT2D eigenvalue weighted by Gasteiger charge is -2.18. The van der Waals surface area contributed by atoms with E-state index in [2.05, 4.69) is 14.9 Å². The van der Waals surface area contributed by atoms with Crippen LogP contribution >= 0.6 is 0 Å². The molecule has 0 radical (unpaired) electrons. The van der Waals surface area contributed by atoms with Crippen molar-refractivity contribution in [3.8, 4) is 17.0 Å². The molecule has 0 bridgehead atoms. The number of rotatable bonds is 4. The van der Waals surface area contributed by atoms with Gasteiger partial charge in [0.1, 0.15) is 0 Å². The molecule has 5 rings (SSSR count). The van der Waals surface area contributed by atoms with Gasteiger partial charge in [-0.3, -0.25) is 4.90 Å². The molecule has 30 heavy (non-hydrogen) atoms. The van der Waals surface area contributed by atoms with Crippen LogP contribution in [-0.4, -0.2) is 48.7 Å². The van der Waals surface area contributed by atoms with Crippen molar-refractivity contribution in [2.75, 3.05) is 20.2 Å². The minimum absolute atomic E-state index is 0.0963. The molecule has 6 nitrogen and oxygen atoms in total. The first-order valence-electron chi connectivity index (χ1n) is 9.67. The Kier molecular flexibility index (Phi) is 4.56. The maximum atomic E-state index is 13.2. The molecule has 0 spiro atoms. The predicted molar refractivity (Wildman–Crippen MR) is 109 cm³/mol. The summed E-state index contributed by atoms with van der Waals surface area (Å²) in [5.41, 5.74) is 3.37. The monoisotopic (exact) mass is 425 g/mol. The van der Waals surface area contributed by atoms with Crippen LogP contribution in [0.2, 0.25) is 0 Å². The Bertz CT molecular complexity index is 1210. The smallest absolute Gasteiger partial charge is 0.217 e. The molecule has 3 aromatic rings. The maximum Gasteiger partial charge on any atom is 0.217 e. The van der Waals surface area contributed by atoms with Crippen molar-refractivity contribution in [3.05, 3.63) is 71.9 Å². The van der Waals surface area contributed by atoms with Crippen molar-refractivity contribution in [2.45, 2.75) is 22.6 Å². The van der Waals surface area contributed by atoms with Gasteiger partial charge in [-0.2, -0.15) is 4.39 Å². The molecule has 1 aromatic carbocycles. The number of hydrogen-bond donors (Lipinski definition) is 0. The number of halogens is 1. The molecule has 0 N–H and O–H groups in total. The lowest BCUT2D eigenvalue weighted by molar-refractivity contribution is 0.313. The van der Waals surface area contributed by atoms with Crippen LogP contribution in [0.5, 0.6) is 5.88 Å². The maximum absolute atomic E-state index is 13.2. The highest BCUT2D eigenvalue weighted by atomic mass is 32.2. The van der Waals surface area contributed by atoms with Gasteiger partial charge >= 0.3 is 0 Å². The van der Waals surface area contributed by atoms with Gasteiger partial charge in [0.2, 0.25) is 11.8 Å². The lowest BCUT2D eigenvalue weighted by atomic mass is 9.95. The van der Waals surface area contributed by atoms with Crippen molar-refractivity contribution in [2.24, 2.45) is 0 Å². The number of ether oxygens (including phenoxy) is 1. The highest BCUT2D eigenvalue weighted by Gasteiger charge is 2.50. The Hall–Kier alpha value is -2.84. The molecule has 2 aliphatic heterocycles. The zero-order valence-corrected chi connectivity index (χ0v) is 17.1. The zero-order valence-electron chi connectivity index (χ0n) is 16.3. The van der Waals surface area contributed by atoms with E-state index in [4.69, 9.17) is 4.74 Å². The average Bonchev–Trinajstić information content (AvgIpc) is 3.26. The molecule has 0 unspecified atom stereocenters. The molecule has 0 aliphatic carbocycles. The zero-order chi connectivity index (χ0) is 20.9. The third kappa shape index (κ3) is 3.07. The summed E-state index contributed by atoms with van der Waals surface area (Å²) in [6.45, 7) is 1.68. The number of hydrogen-bond acceptors (Lipinski definition) is 6. The summed E-state index contributed by atoms with van der Waals surface area (Å²) in [4.78, 5) is 10.5. The molecule has 2 atom stereocenters. The molecule has 1 saturated heterocycles. The van der Waals surface area contributed by atoms with Crippen molar-refractivity contribution in [1.29, 1.82) is 0 Å². The van der Waals surface area contributed by atoms with Crippen LogP contribution in [-0.2, 0) is 16.4 Å². The molecular formula is C22H20FN3O3S. The normalized spacial score (nSPS) is 21.9. The molecule has 4 heterocycles. The van der Waals surface area contributed by atoms with Gasteiger partial charge in [-0.1, -0.05) is 12.1 Å². The van der Waals surface area contributed by atoms with Crippen LogP contribution in [0.15, 0.2) is 59.8 Å². The van der Waals surface area contributed by atoms with E-state index >= 15 is 0 Å². The number of methoxy groups -OCH3 is 1. The van der Waals surface area contributed by atoms with E-state index in [9.17, 15) is 12.8 Å². The fourth-order valence-corrected chi connectivity index (χ4v) is 6.74. The van der Waals surface area contributed by atoms with E-state index in [1.165, 1.54) is 12.3 Å². The van der Waals surface area contributed by atoms with Gasteiger partial charge in [0.15, 0.2) is 9.84 Å². The number of benzene rings is 1. The molecular weight excluding hydrogens is 405 g/mol. The first-order valence-corrected chi connectivity index (χ1v) is 11.2. The summed E-state index contributed by atoms with van der Waals surface area (Å²) in [6.07, 6.45) is 3.14. The average molecular weight is 425 g/mol. The van der Waals surface area contributed by atoms with E-state index in [1.54, 1.807) is 31.5 Å². The summed E-state index contributed by atoms with van der Waals surface area (Å²) in [5, 5.41) is -0.461. The van der Waals surface area contributed by atoms with Gasteiger partial charge in [-0.15, -0.1) is 0 Å². The van der Waals surface area contributed by atoms with E-state index < -0.39 is 21.0 Å². The summed E-state index contributed by atoms with van der Waals surface area (Å²) in [5.74, 6) is -0.0789. The predicted octanol–water partition coefficient (Wildman–Crippen LogP) is 3.05. The first-order chi connectivity index (χ1) is 14.5. The fraction of sp³-hybridized carbons (Fsp3) is 0.273. The summed E-state index contributed by atoms with van der Waals surface area (Å²) in [7, 11) is -1.81. The second kappa shape index (κ2) is 7.14. The van der Waals surface area contributed by atoms with Crippen LogP contribution in [0.25, 0.3) is 11.1 Å². The Labute approximate surface area is 174 Å². The Morgan fingerprint density at radius 3 is 2.73 bits per heavy atom. The van der Waals surface area contributed by atoms with Crippen LogP contribution in [0.4, 0.5) is 4.39 Å². The first kappa shape index (κ1) is 19.1. The van der Waals surface area contributed by atoms with E-state index in [1.807, 2.05) is 18.2 Å². The molecule has 8 heteroatoms. The molecule has 0 amide bonds. The topological polar surface area (TPSA) is 72.4 Å². The van der Waals surface area contributed by atoms with Gasteiger partial charge < -0.3 is 4.74 Å². The SMILES string of the molecule is COc1ncccc1CN1C[C@@H]2c3cc(-c4ccc(F)nc4)ccc3S(=O)(=O)[C@H]2C1. The molecule has 154 valence electrons. The van der Waals surface area contributed by atoms with Crippen molar-refractivity contribution >= 4 is 9.84 Å². The van der Waals surface area contributed by atoms with E-state index in [-0.39, 0.29) is 5.92 Å². The Morgan fingerprint density at radius 1 is 1.13 bits per heavy atom. The molecule has 1 fully saturated rings. The van der Waals surface area contributed by atoms with Gasteiger partial charge in [-0.25, -0.2) is 18.4 Å². The highest BCUT2D eigenvalue weighted by Crippen LogP contribution is 2.46. The molecule has 2 aliphatic rings. The van der Waals surface area contributed by atoms with E-state index in [0.717, 1.165) is 22.3 Å². The van der Waals surface area contributed by atoms with Gasteiger partial charge in [0.25, 0.3) is 0 Å². The third-order valence-electron chi connectivity index (χ3n) is 5.95. The van der Waals surface area contributed by atoms with E-state index in [0.29, 0.717) is 30.4 Å². The highest BCUT2D eigenvalue weighted by molar-refractivity contribution is 7.92. The van der Waals surface area contributed by atoms with Crippen LogP contribution in [0.3, 0.4) is 0 Å². The summed E-state index contributed by atoms with van der Waals surface area (Å²) in [6, 6.07) is 12.1. The van der Waals surface area contributed by atoms with Crippen molar-refractivity contribution in [1.82, 2.24) is 14.9 Å². The molecule has 0 saturated carbocycles. The minimum atomic E-state index is -3.39. The number of likely N-dealkylation sites (tertiary alicyclic amines) is 1. The summed E-state index contributed by atoms with van der Waals surface area (Å²) < 4.78 is 44.8.